The summed E-state index contributed by atoms with van der Waals surface area (Å²) in [4.78, 5) is 190. The molecule has 1 aliphatic rings. The Hall–Kier alpha value is -8.52. The maximum absolute atomic E-state index is 15.1. The van der Waals surface area contributed by atoms with Gasteiger partial charge in [0.2, 0.25) is 65.0 Å². The number of carbonyl (C=O) groups excluding carboxylic acids is 11. The fourth-order valence-electron chi connectivity index (χ4n) is 12.9. The van der Waals surface area contributed by atoms with Gasteiger partial charge in [0.05, 0.1) is 28.1 Å². The molecule has 0 aromatic heterocycles. The third-order valence-electron chi connectivity index (χ3n) is 19.2. The number of likely N-dealkylation sites (N-methyl/N-ethyl adjacent to an activating group) is 7. The number of hydrogen-bond donors (Lipinski definition) is 5. The second-order valence-corrected chi connectivity index (χ2v) is 31.0. The van der Waals surface area contributed by atoms with E-state index in [1.807, 2.05) is 61.5 Å². The average molecular weight is 1540 g/mol. The number of aliphatic hydroxyl groups is 1. The highest BCUT2D eigenvalue weighted by Gasteiger charge is 2.47. The predicted octanol–water partition coefficient (Wildman–Crippen LogP) is 7.42. The number of nitrogens with zero attached hydrogens (tertiary/aromatic N) is 10. The molecule has 30 nitrogen and oxygen atoms in total. The Labute approximate surface area is 637 Å². The predicted molar refractivity (Wildman–Crippen MR) is 406 cm³/mol. The van der Waals surface area contributed by atoms with Crippen LogP contribution in [0.5, 0.6) is 0 Å². The molecule has 2 rings (SSSR count). The van der Waals surface area contributed by atoms with Gasteiger partial charge in [-0.25, -0.2) is 0 Å². The lowest BCUT2D eigenvalue weighted by Gasteiger charge is -2.41. The summed E-state index contributed by atoms with van der Waals surface area (Å²) >= 11 is 0. The molecule has 1 aliphatic heterocycles. The molecule has 12 atom stereocenters. The van der Waals surface area contributed by atoms with Crippen molar-refractivity contribution in [1.29, 1.82) is 0 Å². The van der Waals surface area contributed by atoms with Gasteiger partial charge in [-0.15, -0.1) is 0 Å². The zero-order valence-electron chi connectivity index (χ0n) is 68.7. The summed E-state index contributed by atoms with van der Waals surface area (Å²) in [6.45, 7) is 33.4. The minimum atomic E-state index is -4.91. The molecule has 1 saturated heterocycles. The molecule has 5 N–H and O–H groups in total. The van der Waals surface area contributed by atoms with Crippen molar-refractivity contribution in [3.63, 3.8) is 0 Å². The number of amides is 11. The number of nitrogens with one attached hydrogen (secondary N) is 4. The van der Waals surface area contributed by atoms with E-state index in [1.165, 1.54) is 92.6 Å². The highest BCUT2D eigenvalue weighted by Crippen LogP contribution is 2.43. The molecule has 1 fully saturated rings. The number of benzene rings is 1. The lowest BCUT2D eigenvalue weighted by molar-refractivity contribution is -0.393. The quantitative estimate of drug-likeness (QED) is 0.0428. The summed E-state index contributed by atoms with van der Waals surface area (Å²) < 4.78 is 38.5. The molecule has 0 radical (unpaired) electrons. The van der Waals surface area contributed by atoms with Crippen LogP contribution in [0.15, 0.2) is 24.3 Å². The van der Waals surface area contributed by atoms with Crippen LogP contribution >= 0.6 is 0 Å². The van der Waals surface area contributed by atoms with E-state index in [2.05, 4.69) is 21.3 Å². The van der Waals surface area contributed by atoms with Gasteiger partial charge in [0.15, 0.2) is 5.69 Å². The van der Waals surface area contributed by atoms with Gasteiger partial charge < -0.3 is 65.6 Å². The molecule has 11 amide bonds. The van der Waals surface area contributed by atoms with Crippen molar-refractivity contribution in [3.8, 4) is 0 Å². The molecule has 1 aromatic rings. The van der Waals surface area contributed by atoms with E-state index in [9.17, 15) is 81.7 Å². The van der Waals surface area contributed by atoms with Crippen LogP contribution in [0, 0.1) is 61.7 Å². The van der Waals surface area contributed by atoms with Crippen molar-refractivity contribution in [2.24, 2.45) is 41.4 Å². The first-order valence-corrected chi connectivity index (χ1v) is 37.5. The van der Waals surface area contributed by atoms with Crippen LogP contribution in [-0.2, 0) is 58.9 Å². The normalized spacial score (nSPS) is 23.6. The standard InChI is InChI=1S/C62H111N11O12.C13H16F3N3O4/c1-25-27-28-40(15)52(75)51-56(79)65-43(26-2)58(81)67(18)33-48(74)68(19)44(29-34(3)4)55(78)66-49(38(11)12)61(84)69(20)45(30-35(5)6)54(77)63-41(16)53(76)64-42(17)57(80)70(21)46(31-36(7)8)59(82)71(22)47(32-37(9)10)60(83)72(23)50(39(13)14)62(85)73(51)24;1-3-5-17(6-4-2)12-10(18(20)21)7-9(13(14,15)16)8-11(12)19(22)23/h25,27,34-47,49-52,75H,26,28-33H2,1-24H3,(H,63,77)(H,64,76)(H,65,79)(H,66,78);7-8H,3-6H2,1-2H3/b27-25+;/t40-,41+,42-,43+,44+,45+,46+,47+,49+,50+,51+,52-;/m1./s1. The van der Waals surface area contributed by atoms with Gasteiger partial charge in [-0.1, -0.05) is 123 Å². The van der Waals surface area contributed by atoms with Crippen molar-refractivity contribution in [2.75, 3.05) is 73.9 Å². The van der Waals surface area contributed by atoms with Crippen molar-refractivity contribution >= 4 is 82.0 Å². The number of carbonyl (C=O) groups is 11. The maximum atomic E-state index is 15.1. The topological polar surface area (TPSA) is 368 Å². The number of allylic oxidation sites excluding steroid dienone is 2. The molecule has 0 spiro atoms. The van der Waals surface area contributed by atoms with Crippen molar-refractivity contribution in [2.45, 2.75) is 256 Å². The fourth-order valence-corrected chi connectivity index (χ4v) is 12.9. The second kappa shape index (κ2) is 44.2. The molecule has 108 heavy (non-hydrogen) atoms. The first-order valence-electron chi connectivity index (χ1n) is 37.5. The molecule has 0 unspecified atom stereocenters. The van der Waals surface area contributed by atoms with Crippen molar-refractivity contribution in [3.05, 3.63) is 50.1 Å². The Kier molecular flexibility index (Phi) is 39.9. The fraction of sp³-hybridized carbons (Fsp3) is 0.747. The van der Waals surface area contributed by atoms with E-state index in [-0.39, 0.29) is 74.6 Å². The largest absolute Gasteiger partial charge is 0.416 e. The first kappa shape index (κ1) is 97.5. The van der Waals surface area contributed by atoms with Crippen molar-refractivity contribution in [1.82, 2.24) is 55.6 Å². The number of rotatable bonds is 22. The smallest absolute Gasteiger partial charge is 0.390 e. The van der Waals surface area contributed by atoms with E-state index in [0.717, 1.165) is 9.80 Å². The third kappa shape index (κ3) is 27.6. The van der Waals surface area contributed by atoms with Gasteiger partial charge >= 0.3 is 6.18 Å². The Morgan fingerprint density at radius 1 is 0.528 bits per heavy atom. The number of alkyl halides is 3. The van der Waals surface area contributed by atoms with Crippen LogP contribution in [0.1, 0.15) is 188 Å². The lowest BCUT2D eigenvalue weighted by Crippen LogP contribution is -2.63. The number of aliphatic hydroxyl groups excluding tert-OH is 1. The summed E-state index contributed by atoms with van der Waals surface area (Å²) in [6.07, 6.45) is -0.791. The van der Waals surface area contributed by atoms with Crippen LogP contribution in [0.3, 0.4) is 0 Å². The van der Waals surface area contributed by atoms with Gasteiger partial charge in [0, 0.05) is 74.6 Å². The number of halogens is 3. The van der Waals surface area contributed by atoms with Crippen LogP contribution in [0.2, 0.25) is 0 Å². The van der Waals surface area contributed by atoms with E-state index in [4.69, 9.17) is 0 Å². The molecule has 0 bridgehead atoms. The number of anilines is 1. The van der Waals surface area contributed by atoms with Gasteiger partial charge in [0.25, 0.3) is 11.4 Å². The molecular weight excluding hydrogens is 1410 g/mol. The van der Waals surface area contributed by atoms with Gasteiger partial charge in [-0.2, -0.15) is 13.2 Å². The summed E-state index contributed by atoms with van der Waals surface area (Å²) in [5.41, 5.74) is -3.61. The summed E-state index contributed by atoms with van der Waals surface area (Å²) in [7, 11) is 9.92. The average Bonchev–Trinajstić information content (AvgIpc) is 0.781. The Bertz CT molecular complexity index is 3240. The van der Waals surface area contributed by atoms with Gasteiger partial charge in [-0.3, -0.25) is 73.0 Å². The molecule has 614 valence electrons. The van der Waals surface area contributed by atoms with Crippen molar-refractivity contribution < 1.29 is 80.9 Å². The zero-order valence-corrected chi connectivity index (χ0v) is 68.7. The Morgan fingerprint density at radius 3 is 1.34 bits per heavy atom. The monoisotopic (exact) mass is 1540 g/mol. The number of nitro benzene ring substituents is 2. The summed E-state index contributed by atoms with van der Waals surface area (Å²) in [6, 6.07) is -11.6. The minimum Gasteiger partial charge on any atom is -0.390 e. The lowest BCUT2D eigenvalue weighted by atomic mass is 9.91. The SMILES string of the molecule is C/C=C/C[C@@H](C)[C@@H](O)[C@H]1C(=O)N[C@@H](CC)C(=O)N(C)CC(=O)N(C)[C@@H](CC(C)C)C(=O)N[C@@H](C(C)C)C(=O)N(C)[C@@H](CC(C)C)C(=O)N[C@@H](C)C(=O)N[C@H](C)C(=O)N(C)[C@@H](CC(C)C)C(=O)N(C)[C@@H](CC(C)C)C(=O)N(C)[C@@H](C(C)C)C(=O)N1C.CCCN(CCC)c1c([N+](=O)[O-])cc(C(F)(F)F)cc1[N+](=O)[O-]. The van der Waals surface area contributed by atoms with E-state index in [0.29, 0.717) is 31.4 Å². The van der Waals surface area contributed by atoms with E-state index in [1.54, 1.807) is 68.4 Å². The number of nitro groups is 2. The third-order valence-corrected chi connectivity index (χ3v) is 19.2. The molecule has 1 heterocycles. The van der Waals surface area contributed by atoms with E-state index < -0.39 is 189 Å². The molecule has 0 saturated carbocycles. The Balaban J connectivity index is 0.00000214. The molecule has 33 heteroatoms. The van der Waals surface area contributed by atoms with Gasteiger partial charge in [0.1, 0.15) is 60.4 Å². The maximum Gasteiger partial charge on any atom is 0.416 e. The van der Waals surface area contributed by atoms with Crippen LogP contribution < -0.4 is 26.2 Å². The van der Waals surface area contributed by atoms with Crippen LogP contribution in [0.4, 0.5) is 30.2 Å². The van der Waals surface area contributed by atoms with Crippen LogP contribution in [-0.4, -0.2) is 250 Å². The Morgan fingerprint density at radius 2 is 0.935 bits per heavy atom. The zero-order chi connectivity index (χ0) is 83.8. The van der Waals surface area contributed by atoms with E-state index >= 15 is 9.59 Å². The summed E-state index contributed by atoms with van der Waals surface area (Å²) in [5.74, 6) is -9.71. The molecule has 1 aromatic carbocycles. The van der Waals surface area contributed by atoms with Gasteiger partial charge in [-0.05, 0) is 114 Å². The minimum absolute atomic E-state index is 0.0229. The highest BCUT2D eigenvalue weighted by atomic mass is 19.4. The second-order valence-electron chi connectivity index (χ2n) is 31.0. The summed E-state index contributed by atoms with van der Waals surface area (Å²) in [5, 5.41) is 45.4. The molecule has 0 aliphatic carbocycles. The molecular formula is C75H127F3N14O16. The highest BCUT2D eigenvalue weighted by molar-refractivity contribution is 5.99. The first-order chi connectivity index (χ1) is 49.8. The van der Waals surface area contributed by atoms with Crippen LogP contribution in [0.25, 0.3) is 0 Å². The number of hydrogen-bond acceptors (Lipinski definition) is 17.